The largest absolute Gasteiger partial charge is 0.487 e. The first kappa shape index (κ1) is 17.8. The molecule has 1 aromatic rings. The summed E-state index contributed by atoms with van der Waals surface area (Å²) in [6.45, 7) is 8.14. The van der Waals surface area contributed by atoms with Crippen molar-refractivity contribution < 1.29 is 14.6 Å². The number of nitrogens with zero attached hydrogens (tertiary/aromatic N) is 2. The number of para-hydroxylation sites is 1. The summed E-state index contributed by atoms with van der Waals surface area (Å²) in [6.07, 6.45) is 2.34. The van der Waals surface area contributed by atoms with Gasteiger partial charge in [-0.2, -0.15) is 5.10 Å². The van der Waals surface area contributed by atoms with Crippen LogP contribution in [-0.2, 0) is 11.2 Å². The van der Waals surface area contributed by atoms with Gasteiger partial charge < -0.3 is 9.84 Å². The van der Waals surface area contributed by atoms with Gasteiger partial charge in [0.1, 0.15) is 12.4 Å². The summed E-state index contributed by atoms with van der Waals surface area (Å²) < 4.78 is 5.76. The molecule has 0 heterocycles. The van der Waals surface area contributed by atoms with Crippen LogP contribution in [0.1, 0.15) is 25.8 Å². The van der Waals surface area contributed by atoms with Crippen molar-refractivity contribution in [2.75, 3.05) is 13.7 Å². The number of allylic oxidation sites excluding steroid dienone is 1. The van der Waals surface area contributed by atoms with Gasteiger partial charge in [-0.15, -0.1) is 6.58 Å². The fourth-order valence-electron chi connectivity index (χ4n) is 1.75. The molecule has 0 radical (unpaired) electrons. The summed E-state index contributed by atoms with van der Waals surface area (Å²) in [5.41, 5.74) is 1.50. The maximum atomic E-state index is 10.9. The Bertz CT molecular complexity index is 538. The first-order valence-electron chi connectivity index (χ1n) is 7.26. The van der Waals surface area contributed by atoms with Crippen molar-refractivity contribution in [3.8, 4) is 5.75 Å². The van der Waals surface area contributed by atoms with Gasteiger partial charge in [-0.25, -0.2) is 0 Å². The van der Waals surface area contributed by atoms with Crippen molar-refractivity contribution >= 4 is 11.7 Å². The molecule has 1 aromatic carbocycles. The van der Waals surface area contributed by atoms with E-state index >= 15 is 0 Å². The second kappa shape index (κ2) is 8.87. The molecule has 0 aliphatic rings. The first-order chi connectivity index (χ1) is 10.4. The van der Waals surface area contributed by atoms with Gasteiger partial charge in [0.25, 0.3) is 0 Å². The number of hydrogen-bond donors (Lipinski definition) is 1. The topological polar surface area (TPSA) is 62.1 Å². The molecule has 0 saturated heterocycles. The Labute approximate surface area is 131 Å². The molecule has 0 amide bonds. The Kier molecular flexibility index (Phi) is 7.16. The highest BCUT2D eigenvalue weighted by Crippen LogP contribution is 2.18. The summed E-state index contributed by atoms with van der Waals surface area (Å²) in [7, 11) is 1.91. The van der Waals surface area contributed by atoms with Crippen LogP contribution in [0.4, 0.5) is 0 Å². The van der Waals surface area contributed by atoms with Crippen molar-refractivity contribution in [2.24, 2.45) is 5.10 Å². The average molecular weight is 304 g/mol. The highest BCUT2D eigenvalue weighted by Gasteiger charge is 2.09. The zero-order valence-corrected chi connectivity index (χ0v) is 13.5. The van der Waals surface area contributed by atoms with Crippen molar-refractivity contribution in [2.45, 2.75) is 32.7 Å². The molecular weight excluding hydrogens is 280 g/mol. The third-order valence-corrected chi connectivity index (χ3v) is 3.14. The number of carboxylic acid groups (broad SMARTS) is 1. The molecule has 1 rings (SSSR count). The van der Waals surface area contributed by atoms with E-state index in [-0.39, 0.29) is 6.42 Å². The molecule has 120 valence electrons. The number of benzene rings is 1. The van der Waals surface area contributed by atoms with E-state index in [2.05, 4.69) is 25.5 Å². The smallest absolute Gasteiger partial charge is 0.307 e. The van der Waals surface area contributed by atoms with Gasteiger partial charge in [-0.3, -0.25) is 9.80 Å². The monoisotopic (exact) mass is 304 g/mol. The Balaban J connectivity index is 2.81. The molecule has 0 aromatic heterocycles. The zero-order chi connectivity index (χ0) is 16.5. The molecule has 0 saturated carbocycles. The number of carbonyl (C=O) groups is 1. The maximum Gasteiger partial charge on any atom is 0.307 e. The lowest BCUT2D eigenvalue weighted by Gasteiger charge is -2.19. The van der Waals surface area contributed by atoms with Gasteiger partial charge in [-0.1, -0.05) is 24.3 Å². The van der Waals surface area contributed by atoms with Crippen molar-refractivity contribution in [3.05, 3.63) is 42.5 Å². The maximum absolute atomic E-state index is 10.9. The molecule has 5 heteroatoms. The highest BCUT2D eigenvalue weighted by molar-refractivity contribution is 5.87. The number of carboxylic acids is 1. The third kappa shape index (κ3) is 5.99. The summed E-state index contributed by atoms with van der Waals surface area (Å²) in [4.78, 5) is 10.9. The number of aliphatic carboxylic acids is 1. The number of ether oxygens (including phenoxy) is 1. The lowest BCUT2D eigenvalue weighted by Crippen LogP contribution is -2.24. The lowest BCUT2D eigenvalue weighted by atomic mass is 10.1. The second-order valence-corrected chi connectivity index (χ2v) is 5.29. The number of rotatable bonds is 9. The minimum Gasteiger partial charge on any atom is -0.487 e. The summed E-state index contributed by atoms with van der Waals surface area (Å²) in [6, 6.07) is 7.45. The summed E-state index contributed by atoms with van der Waals surface area (Å²) in [5.74, 6) is -0.301. The number of hydrazone groups is 1. The van der Waals surface area contributed by atoms with Gasteiger partial charge in [0, 0.05) is 25.1 Å². The van der Waals surface area contributed by atoms with Crippen LogP contribution < -0.4 is 4.74 Å². The molecule has 0 atom stereocenters. The Morgan fingerprint density at radius 2 is 2.14 bits per heavy atom. The molecular formula is C17H24N2O3. The van der Waals surface area contributed by atoms with Gasteiger partial charge >= 0.3 is 5.97 Å². The van der Waals surface area contributed by atoms with Gasteiger partial charge in [-0.05, 0) is 19.9 Å². The van der Waals surface area contributed by atoms with Gasteiger partial charge in [0.05, 0.1) is 12.1 Å². The quantitative estimate of drug-likeness (QED) is 0.433. The average Bonchev–Trinajstić information content (AvgIpc) is 2.45. The Hall–Kier alpha value is -2.30. The minimum atomic E-state index is -0.879. The first-order valence-corrected chi connectivity index (χ1v) is 7.26. The second-order valence-electron chi connectivity index (χ2n) is 5.29. The van der Waals surface area contributed by atoms with Crippen LogP contribution in [0, 0.1) is 0 Å². The molecule has 0 fully saturated rings. The highest BCUT2D eigenvalue weighted by atomic mass is 16.5. The van der Waals surface area contributed by atoms with Crippen LogP contribution in [0.2, 0.25) is 0 Å². The molecule has 5 nitrogen and oxygen atoms in total. The van der Waals surface area contributed by atoms with E-state index in [1.165, 1.54) is 0 Å². The Morgan fingerprint density at radius 1 is 1.45 bits per heavy atom. The normalized spacial score (nSPS) is 11.4. The molecule has 1 N–H and O–H groups in total. The predicted octanol–water partition coefficient (Wildman–Crippen LogP) is 2.96. The molecule has 0 unspecified atom stereocenters. The van der Waals surface area contributed by atoms with E-state index in [1.807, 2.05) is 18.1 Å². The van der Waals surface area contributed by atoms with Crippen molar-refractivity contribution in [1.82, 2.24) is 5.01 Å². The Morgan fingerprint density at radius 3 is 2.73 bits per heavy atom. The molecule has 22 heavy (non-hydrogen) atoms. The van der Waals surface area contributed by atoms with E-state index in [9.17, 15) is 4.79 Å². The molecule has 0 bridgehead atoms. The molecule has 0 aliphatic heterocycles. The van der Waals surface area contributed by atoms with Gasteiger partial charge in [0.2, 0.25) is 0 Å². The predicted molar refractivity (Wildman–Crippen MR) is 88.4 cm³/mol. The van der Waals surface area contributed by atoms with E-state index in [1.54, 1.807) is 24.3 Å². The van der Waals surface area contributed by atoms with E-state index in [0.717, 1.165) is 5.71 Å². The van der Waals surface area contributed by atoms with Crippen LogP contribution in [0.3, 0.4) is 0 Å². The fraction of sp³-hybridized carbons (Fsp3) is 0.412. The van der Waals surface area contributed by atoms with Gasteiger partial charge in [0.15, 0.2) is 0 Å². The van der Waals surface area contributed by atoms with Crippen LogP contribution >= 0.6 is 0 Å². The molecule has 0 aliphatic carbocycles. The van der Waals surface area contributed by atoms with Crippen molar-refractivity contribution in [1.29, 1.82) is 0 Å². The van der Waals surface area contributed by atoms with Crippen molar-refractivity contribution in [3.63, 3.8) is 0 Å². The van der Waals surface area contributed by atoms with E-state index in [0.29, 0.717) is 30.4 Å². The summed E-state index contributed by atoms with van der Waals surface area (Å²) in [5, 5.41) is 15.3. The van der Waals surface area contributed by atoms with E-state index in [4.69, 9.17) is 9.84 Å². The lowest BCUT2D eigenvalue weighted by molar-refractivity contribution is -0.136. The van der Waals surface area contributed by atoms with Crippen LogP contribution in [0.15, 0.2) is 42.0 Å². The third-order valence-electron chi connectivity index (χ3n) is 3.14. The molecule has 0 spiro atoms. The van der Waals surface area contributed by atoms with Crippen LogP contribution in [0.5, 0.6) is 5.75 Å². The minimum absolute atomic E-state index is 0.0595. The standard InChI is InChI=1S/C17H24N2O3/c1-5-8-15(18-19(4)13(2)3)12-22-16-10-7-6-9-14(16)11-17(20)21/h5-7,9-10,13H,1,8,11-12H2,2-4H3,(H,20,21)/b18-15+. The van der Waals surface area contributed by atoms with E-state index < -0.39 is 5.97 Å². The number of hydrogen-bond acceptors (Lipinski definition) is 4. The summed E-state index contributed by atoms with van der Waals surface area (Å²) >= 11 is 0. The van der Waals surface area contributed by atoms with Crippen LogP contribution in [0.25, 0.3) is 0 Å². The SMILES string of the molecule is C=CC/C(COc1ccccc1CC(=O)O)=N\N(C)C(C)C. The van der Waals surface area contributed by atoms with Crippen LogP contribution in [-0.4, -0.2) is 41.5 Å². The fourth-order valence-corrected chi connectivity index (χ4v) is 1.75. The zero-order valence-electron chi connectivity index (χ0n) is 13.5.